The molecular formula is C21H24ClFN4O3. The van der Waals surface area contributed by atoms with Gasteiger partial charge in [-0.2, -0.15) is 0 Å². The molecule has 1 amide bonds. The molecule has 0 radical (unpaired) electrons. The van der Waals surface area contributed by atoms with E-state index in [0.29, 0.717) is 35.8 Å². The Kier molecular flexibility index (Phi) is 5.12. The van der Waals surface area contributed by atoms with Gasteiger partial charge in [-0.3, -0.25) is 4.79 Å². The van der Waals surface area contributed by atoms with E-state index in [4.69, 9.17) is 22.1 Å². The summed E-state index contributed by atoms with van der Waals surface area (Å²) in [4.78, 5) is 18.2. The zero-order valence-electron chi connectivity index (χ0n) is 17.0. The fraction of sp³-hybridized carbons (Fsp3) is 0.429. The third-order valence-corrected chi connectivity index (χ3v) is 6.54. The second-order valence-corrected chi connectivity index (χ2v) is 8.56. The van der Waals surface area contributed by atoms with Crippen LogP contribution < -0.4 is 11.1 Å². The topological polar surface area (TPSA) is 101 Å². The number of aliphatic hydroxyl groups excluding tert-OH is 1. The van der Waals surface area contributed by atoms with Crippen molar-refractivity contribution in [1.82, 2.24) is 9.88 Å². The van der Waals surface area contributed by atoms with E-state index in [1.807, 2.05) is 0 Å². The lowest BCUT2D eigenvalue weighted by Gasteiger charge is -2.25. The number of hydrogen-bond acceptors (Lipinski definition) is 6. The molecule has 1 saturated carbocycles. The molecule has 3 atom stereocenters. The molecule has 1 spiro atoms. The molecule has 1 unspecified atom stereocenters. The number of pyridine rings is 1. The molecule has 30 heavy (non-hydrogen) atoms. The maximum Gasteiger partial charge on any atom is 0.258 e. The molecule has 1 aliphatic carbocycles. The number of nitrogen functional groups attached to an aromatic ring is 1. The number of benzene rings is 1. The molecule has 2 aromatic rings. The number of nitrogens with two attached hydrogens (primary N) is 1. The zero-order chi connectivity index (χ0) is 21.8. The minimum Gasteiger partial charge on any atom is -0.398 e. The smallest absolute Gasteiger partial charge is 0.258 e. The predicted molar refractivity (Wildman–Crippen MR) is 113 cm³/mol. The lowest BCUT2D eigenvalue weighted by Crippen LogP contribution is -2.26. The summed E-state index contributed by atoms with van der Waals surface area (Å²) in [6.45, 7) is 0.560. The molecule has 1 aromatic carbocycles. The Labute approximate surface area is 179 Å². The molecule has 160 valence electrons. The van der Waals surface area contributed by atoms with Gasteiger partial charge in [0.15, 0.2) is 0 Å². The van der Waals surface area contributed by atoms with E-state index < -0.39 is 23.2 Å². The molecule has 2 heterocycles. The van der Waals surface area contributed by atoms with Gasteiger partial charge >= 0.3 is 0 Å². The molecular weight excluding hydrogens is 411 g/mol. The number of carbonyl (C=O) groups excluding carboxylic acids is 1. The number of carbonyl (C=O) groups is 1. The van der Waals surface area contributed by atoms with Crippen LogP contribution in [-0.4, -0.2) is 60.9 Å². The van der Waals surface area contributed by atoms with Crippen LogP contribution >= 0.6 is 11.6 Å². The number of aromatic nitrogens is 1. The van der Waals surface area contributed by atoms with Gasteiger partial charge in [0.05, 0.1) is 22.8 Å². The van der Waals surface area contributed by atoms with Crippen molar-refractivity contribution in [3.63, 3.8) is 0 Å². The molecule has 0 saturated heterocycles. The predicted octanol–water partition coefficient (Wildman–Crippen LogP) is 2.66. The van der Waals surface area contributed by atoms with Crippen molar-refractivity contribution in [2.24, 2.45) is 0 Å². The van der Waals surface area contributed by atoms with Crippen LogP contribution in [0.25, 0.3) is 11.1 Å². The van der Waals surface area contributed by atoms with Crippen LogP contribution in [0.5, 0.6) is 0 Å². The Balaban J connectivity index is 1.86. The van der Waals surface area contributed by atoms with E-state index >= 15 is 4.39 Å². The van der Waals surface area contributed by atoms with Gasteiger partial charge in [0.1, 0.15) is 11.6 Å². The quantitative estimate of drug-likeness (QED) is 0.642. The minimum absolute atomic E-state index is 0.0557. The number of amides is 1. The lowest BCUT2D eigenvalue weighted by atomic mass is 9.80. The fourth-order valence-corrected chi connectivity index (χ4v) is 5.04. The lowest BCUT2D eigenvalue weighted by molar-refractivity contribution is 0.00973. The first-order valence-electron chi connectivity index (χ1n) is 9.64. The number of methoxy groups -OCH3 is 1. The van der Waals surface area contributed by atoms with Crippen molar-refractivity contribution in [3.8, 4) is 11.1 Å². The Morgan fingerprint density at radius 3 is 2.77 bits per heavy atom. The molecule has 0 bridgehead atoms. The molecule has 1 aliphatic heterocycles. The first kappa shape index (κ1) is 20.8. The van der Waals surface area contributed by atoms with Crippen molar-refractivity contribution in [2.45, 2.75) is 30.5 Å². The van der Waals surface area contributed by atoms with E-state index in [9.17, 15) is 9.90 Å². The maximum atomic E-state index is 15.4. The van der Waals surface area contributed by atoms with Gasteiger partial charge in [0.2, 0.25) is 0 Å². The largest absolute Gasteiger partial charge is 0.398 e. The van der Waals surface area contributed by atoms with Gasteiger partial charge in [0.25, 0.3) is 5.91 Å². The fourth-order valence-electron chi connectivity index (χ4n) is 4.60. The van der Waals surface area contributed by atoms with Gasteiger partial charge in [-0.15, -0.1) is 0 Å². The van der Waals surface area contributed by atoms with Gasteiger partial charge in [-0.05, 0) is 25.0 Å². The summed E-state index contributed by atoms with van der Waals surface area (Å²) in [6, 6.07) is 3.00. The monoisotopic (exact) mass is 434 g/mol. The minimum atomic E-state index is -0.737. The summed E-state index contributed by atoms with van der Waals surface area (Å²) < 4.78 is 20.8. The van der Waals surface area contributed by atoms with Gasteiger partial charge in [-0.25, -0.2) is 9.37 Å². The number of ether oxygens (including phenoxy) is 1. The van der Waals surface area contributed by atoms with Gasteiger partial charge < -0.3 is 25.8 Å². The van der Waals surface area contributed by atoms with Gasteiger partial charge in [-0.1, -0.05) is 11.6 Å². The van der Waals surface area contributed by atoms with Crippen LogP contribution in [-0.2, 0) is 10.2 Å². The molecule has 2 aliphatic rings. The highest BCUT2D eigenvalue weighted by Gasteiger charge is 2.51. The summed E-state index contributed by atoms with van der Waals surface area (Å²) in [5.74, 6) is -0.649. The highest BCUT2D eigenvalue weighted by atomic mass is 35.5. The average Bonchev–Trinajstić information content (AvgIpc) is 3.22. The van der Waals surface area contributed by atoms with E-state index in [0.717, 1.165) is 5.56 Å². The highest BCUT2D eigenvalue weighted by molar-refractivity contribution is 6.34. The van der Waals surface area contributed by atoms with Crippen LogP contribution in [0.2, 0.25) is 5.02 Å². The Morgan fingerprint density at radius 2 is 2.13 bits per heavy atom. The number of anilines is 2. The maximum absolute atomic E-state index is 15.4. The highest BCUT2D eigenvalue weighted by Crippen LogP contribution is 2.52. The number of hydrogen-bond donors (Lipinski definition) is 3. The molecule has 1 aromatic heterocycles. The number of nitrogens with zero attached hydrogens (tertiary/aromatic N) is 2. The third-order valence-electron chi connectivity index (χ3n) is 6.15. The first-order valence-corrected chi connectivity index (χ1v) is 10.0. The van der Waals surface area contributed by atoms with Gasteiger partial charge in [0, 0.05) is 61.7 Å². The van der Waals surface area contributed by atoms with E-state index in [1.54, 1.807) is 7.11 Å². The first-order chi connectivity index (χ1) is 14.2. The van der Waals surface area contributed by atoms with Crippen molar-refractivity contribution in [2.75, 3.05) is 38.8 Å². The zero-order valence-corrected chi connectivity index (χ0v) is 17.8. The summed E-state index contributed by atoms with van der Waals surface area (Å²) in [7, 11) is 4.63. The van der Waals surface area contributed by atoms with Crippen LogP contribution in [0.3, 0.4) is 0 Å². The normalized spacial score (nSPS) is 24.7. The van der Waals surface area contributed by atoms with E-state index in [1.165, 1.54) is 37.3 Å². The molecule has 7 nitrogen and oxygen atoms in total. The Morgan fingerprint density at radius 1 is 1.40 bits per heavy atom. The molecule has 9 heteroatoms. The Bertz CT molecular complexity index is 1030. The standard InChI is InChI=1S/C21H24ClFN4O3/c1-27(2)20(29)15-12(24)5-4-10(18(15)23)11-8-25-19-16(17(11)22)21(9-26-19)6-13(28)14(7-21)30-3/h4-5,8,13-14,28H,6-7,9,24H2,1-3H3,(H,25,26)/t13-,14?,21+/m1/s1. The molecule has 4 N–H and O–H groups in total. The molecule has 4 rings (SSSR count). The van der Waals surface area contributed by atoms with Crippen LogP contribution in [0.4, 0.5) is 15.9 Å². The summed E-state index contributed by atoms with van der Waals surface area (Å²) in [5.41, 5.74) is 6.56. The van der Waals surface area contributed by atoms with Crippen LogP contribution in [0.1, 0.15) is 28.8 Å². The van der Waals surface area contributed by atoms with E-state index in [-0.39, 0.29) is 22.9 Å². The number of halogens is 2. The third kappa shape index (κ3) is 3.02. The average molecular weight is 435 g/mol. The summed E-state index contributed by atoms with van der Waals surface area (Å²) in [5, 5.41) is 14.0. The van der Waals surface area contributed by atoms with Crippen LogP contribution in [0, 0.1) is 5.82 Å². The van der Waals surface area contributed by atoms with Crippen molar-refractivity contribution >= 4 is 29.0 Å². The molecule has 1 fully saturated rings. The van der Waals surface area contributed by atoms with E-state index in [2.05, 4.69) is 10.3 Å². The summed E-state index contributed by atoms with van der Waals surface area (Å²) >= 11 is 6.81. The summed E-state index contributed by atoms with van der Waals surface area (Å²) in [6.07, 6.45) is 1.59. The number of nitrogens with one attached hydrogen (secondary N) is 1. The Hall–Kier alpha value is -2.42. The number of aliphatic hydroxyl groups is 1. The second kappa shape index (κ2) is 7.37. The number of rotatable bonds is 3. The van der Waals surface area contributed by atoms with Crippen LogP contribution in [0.15, 0.2) is 18.3 Å². The number of fused-ring (bicyclic) bond motifs is 2. The van der Waals surface area contributed by atoms with Crippen molar-refractivity contribution < 1.29 is 19.0 Å². The second-order valence-electron chi connectivity index (χ2n) is 8.18. The van der Waals surface area contributed by atoms with Crippen molar-refractivity contribution in [1.29, 1.82) is 0 Å². The van der Waals surface area contributed by atoms with Crippen molar-refractivity contribution in [3.05, 3.63) is 40.3 Å². The SMILES string of the molecule is COC1C[C@]2(CNc3ncc(-c4ccc(N)c(C(=O)N(C)C)c4F)c(Cl)c32)C[C@H]1O.